The molecule has 6 aliphatic rings. The predicted octanol–water partition coefficient (Wildman–Crippen LogP) is 8.79. The maximum absolute atomic E-state index is 13.9. The summed E-state index contributed by atoms with van der Waals surface area (Å²) in [6.07, 6.45) is 8.21. The van der Waals surface area contributed by atoms with Crippen molar-refractivity contribution in [1.82, 2.24) is 40.4 Å². The molecule has 4 N–H and O–H groups in total. The molecule has 15 heteroatoms. The molecule has 0 radical (unpaired) electrons. The number of rotatable bonds is 12. The Hall–Kier alpha value is -6.48. The zero-order valence-electron chi connectivity index (χ0n) is 38.7. The van der Waals surface area contributed by atoms with E-state index >= 15 is 0 Å². The van der Waals surface area contributed by atoms with E-state index in [-0.39, 0.29) is 60.0 Å². The highest BCUT2D eigenvalue weighted by Gasteiger charge is 2.57. The van der Waals surface area contributed by atoms with E-state index in [2.05, 4.69) is 81.3 Å². The fraction of sp³-hybridized carbons (Fsp3) is 0.462. The Bertz CT molecular complexity index is 2560. The molecule has 2 aromatic heterocycles. The van der Waals surface area contributed by atoms with Crippen molar-refractivity contribution in [2.24, 2.45) is 23.7 Å². The van der Waals surface area contributed by atoms with Crippen LogP contribution in [0.2, 0.25) is 0 Å². The molecule has 5 fully saturated rings. The third-order valence-electron chi connectivity index (χ3n) is 15.3. The second kappa shape index (κ2) is 16.7. The van der Waals surface area contributed by atoms with Crippen LogP contribution in [0, 0.1) is 23.7 Å². The summed E-state index contributed by atoms with van der Waals surface area (Å²) in [5, 5.41) is 5.51. The average molecular weight is 907 g/mol. The van der Waals surface area contributed by atoms with Gasteiger partial charge < -0.3 is 44.6 Å². The lowest BCUT2D eigenvalue weighted by Crippen LogP contribution is -2.52. The van der Waals surface area contributed by atoms with Gasteiger partial charge in [0.05, 0.1) is 62.3 Å². The second-order valence-electron chi connectivity index (χ2n) is 20.0. The number of carbonyl (C=O) groups is 4. The number of fused-ring (bicyclic) bond motifs is 7. The van der Waals surface area contributed by atoms with Gasteiger partial charge in [-0.1, -0.05) is 88.4 Å². The highest BCUT2D eigenvalue weighted by Crippen LogP contribution is 2.57. The van der Waals surface area contributed by atoms with E-state index in [0.717, 1.165) is 83.8 Å². The monoisotopic (exact) mass is 906 g/mol. The predicted molar refractivity (Wildman–Crippen MR) is 249 cm³/mol. The van der Waals surface area contributed by atoms with Crippen molar-refractivity contribution in [2.45, 2.75) is 115 Å². The van der Waals surface area contributed by atoms with Gasteiger partial charge in [-0.3, -0.25) is 9.59 Å². The summed E-state index contributed by atoms with van der Waals surface area (Å²) < 4.78 is 16.3. The Morgan fingerprint density at radius 1 is 0.597 bits per heavy atom. The molecule has 6 heterocycles. The molecule has 2 bridgehead atoms. The first kappa shape index (κ1) is 43.1. The van der Waals surface area contributed by atoms with Crippen molar-refractivity contribution in [3.05, 3.63) is 95.8 Å². The molecule has 10 atom stereocenters. The Morgan fingerprint density at radius 2 is 0.985 bits per heavy atom. The molecule has 2 saturated carbocycles. The number of hydrogen-bond acceptors (Lipinski definition) is 9. The highest BCUT2D eigenvalue weighted by molar-refractivity contribution is 5.88. The minimum Gasteiger partial charge on any atom is -0.453 e. The molecule has 5 aromatic rings. The van der Waals surface area contributed by atoms with Gasteiger partial charge in [0.2, 0.25) is 11.8 Å². The highest BCUT2D eigenvalue weighted by atomic mass is 16.5. The summed E-state index contributed by atoms with van der Waals surface area (Å²) >= 11 is 0. The van der Waals surface area contributed by atoms with Crippen molar-refractivity contribution < 1.29 is 33.4 Å². The summed E-state index contributed by atoms with van der Waals surface area (Å²) in [6, 6.07) is 20.2. The molecule has 15 nitrogen and oxygen atoms in total. The number of carbonyl (C=O) groups excluding carboxylic acids is 4. The van der Waals surface area contributed by atoms with Gasteiger partial charge in [-0.05, 0) is 107 Å². The fourth-order valence-corrected chi connectivity index (χ4v) is 11.6. The Kier molecular flexibility index (Phi) is 10.7. The molecule has 6 unspecified atom stereocenters. The quantitative estimate of drug-likeness (QED) is 0.0951. The van der Waals surface area contributed by atoms with Crippen LogP contribution in [0.25, 0.3) is 44.8 Å². The van der Waals surface area contributed by atoms with Crippen LogP contribution in [-0.4, -0.2) is 92.1 Å². The molecule has 2 aliphatic carbocycles. The van der Waals surface area contributed by atoms with Crippen LogP contribution >= 0.6 is 0 Å². The molecular formula is C52H58N8O7. The maximum Gasteiger partial charge on any atom is 0.407 e. The molecule has 3 aromatic carbocycles. The zero-order chi connectivity index (χ0) is 46.4. The van der Waals surface area contributed by atoms with E-state index in [9.17, 15) is 19.2 Å². The largest absolute Gasteiger partial charge is 0.453 e. The van der Waals surface area contributed by atoms with Crippen LogP contribution in [0.15, 0.2) is 73.1 Å². The van der Waals surface area contributed by atoms with Gasteiger partial charge in [-0.2, -0.15) is 0 Å². The van der Waals surface area contributed by atoms with Crippen LogP contribution in [0.4, 0.5) is 9.59 Å². The smallest absolute Gasteiger partial charge is 0.407 e. The number of piperidine rings is 2. The molecule has 4 amide bonds. The SMILES string of the molecule is COC(=O)N[C@H](C(=O)N1C2CC2C[C@H]1c1ncc(-c2ccc(-c3ccc(-c4ccc(-c5cnc([C@@H]6CC7CC7N6C(=O)[C@@H](NC(=O)OC)C(C)C)[nH]5)cc4)c4c3C3CCC4O3)cc2)[nH]1)C(C)C. The number of alkyl carbamates (subject to hydrolysis) is 2. The molecule has 0 spiro atoms. The van der Waals surface area contributed by atoms with E-state index in [0.29, 0.717) is 11.8 Å². The third-order valence-corrected chi connectivity index (χ3v) is 15.3. The maximum atomic E-state index is 13.9. The number of aromatic nitrogens is 4. The van der Waals surface area contributed by atoms with Crippen molar-refractivity contribution in [3.63, 3.8) is 0 Å². The van der Waals surface area contributed by atoms with E-state index in [4.69, 9.17) is 24.2 Å². The summed E-state index contributed by atoms with van der Waals surface area (Å²) in [6.45, 7) is 7.72. The van der Waals surface area contributed by atoms with Gasteiger partial charge >= 0.3 is 12.2 Å². The molecule has 11 rings (SSSR count). The van der Waals surface area contributed by atoms with Crippen molar-refractivity contribution in [1.29, 1.82) is 0 Å². The third kappa shape index (κ3) is 7.55. The summed E-state index contributed by atoms with van der Waals surface area (Å²) in [5.41, 5.74) is 10.9. The van der Waals surface area contributed by atoms with Gasteiger partial charge in [0, 0.05) is 12.1 Å². The van der Waals surface area contributed by atoms with Gasteiger partial charge in [0.15, 0.2) is 0 Å². The molecule has 4 aliphatic heterocycles. The second-order valence-corrected chi connectivity index (χ2v) is 20.0. The first-order valence-corrected chi connectivity index (χ1v) is 23.9. The van der Waals surface area contributed by atoms with E-state index in [1.165, 1.54) is 36.5 Å². The lowest BCUT2D eigenvalue weighted by Gasteiger charge is -2.31. The number of methoxy groups -OCH3 is 2. The minimum absolute atomic E-state index is 0.0500. The van der Waals surface area contributed by atoms with Crippen LogP contribution in [-0.2, 0) is 23.8 Å². The van der Waals surface area contributed by atoms with E-state index < -0.39 is 24.3 Å². The number of hydrogen-bond donors (Lipinski definition) is 4. The van der Waals surface area contributed by atoms with Gasteiger partial charge in [-0.25, -0.2) is 19.6 Å². The number of ether oxygens (including phenoxy) is 3. The Morgan fingerprint density at radius 3 is 1.36 bits per heavy atom. The number of H-pyrrole nitrogens is 2. The number of benzene rings is 3. The lowest BCUT2D eigenvalue weighted by atomic mass is 9.81. The number of nitrogens with zero attached hydrogens (tertiary/aromatic N) is 4. The Balaban J connectivity index is 0.804. The topological polar surface area (TPSA) is 184 Å². The number of aromatic amines is 2. The van der Waals surface area contributed by atoms with Crippen LogP contribution in [0.5, 0.6) is 0 Å². The van der Waals surface area contributed by atoms with Crippen molar-refractivity contribution in [3.8, 4) is 44.8 Å². The summed E-state index contributed by atoms with van der Waals surface area (Å²) in [7, 11) is 2.62. The first-order valence-electron chi connectivity index (χ1n) is 23.9. The van der Waals surface area contributed by atoms with Crippen molar-refractivity contribution >= 4 is 24.0 Å². The van der Waals surface area contributed by atoms with Crippen LogP contribution in [0.1, 0.15) is 113 Å². The van der Waals surface area contributed by atoms with Crippen molar-refractivity contribution in [2.75, 3.05) is 14.2 Å². The number of amides is 4. The standard InChI is InChI=1S/C52H58N8O7/c1-25(2)45(57-51(63)65-5)49(61)59-37-19-31(37)21-39(59)47-53-23-35(55-47)29-11-7-27(8-12-29)33-15-16-34(44-42-18-17-41(67-42)43(33)44)28-9-13-30(14-10-28)36-24-54-48(56-36)40-22-32-20-38(32)60(40)50(62)46(26(3)4)58-52(64)66-6/h7-16,23-26,31-32,37-42,45-46H,17-22H2,1-6H3,(H,53,55)(H,54,56)(H,57,63)(H,58,64)/t31?,32?,37?,38?,39-,40-,41?,42?,45-,46-/m0/s1. The molecule has 348 valence electrons. The number of nitrogens with one attached hydrogen (secondary N) is 4. The fourth-order valence-electron chi connectivity index (χ4n) is 11.6. The van der Waals surface area contributed by atoms with Crippen LogP contribution < -0.4 is 10.6 Å². The number of likely N-dealkylation sites (tertiary alicyclic amines) is 2. The normalized spacial score (nSPS) is 26.0. The molecule has 67 heavy (non-hydrogen) atoms. The zero-order valence-corrected chi connectivity index (χ0v) is 38.7. The Labute approximate surface area is 389 Å². The molecule has 3 saturated heterocycles. The van der Waals surface area contributed by atoms with Gasteiger partial charge in [0.25, 0.3) is 0 Å². The number of imidazole rings is 2. The van der Waals surface area contributed by atoms with E-state index in [1.807, 2.05) is 49.9 Å². The van der Waals surface area contributed by atoms with Crippen LogP contribution in [0.3, 0.4) is 0 Å². The molecular weight excluding hydrogens is 849 g/mol. The van der Waals surface area contributed by atoms with Gasteiger partial charge in [0.1, 0.15) is 23.7 Å². The lowest BCUT2D eigenvalue weighted by molar-refractivity contribution is -0.137. The minimum atomic E-state index is -0.681. The average Bonchev–Trinajstić information content (AvgIpc) is 3.80. The van der Waals surface area contributed by atoms with Gasteiger partial charge in [-0.15, -0.1) is 0 Å². The summed E-state index contributed by atoms with van der Waals surface area (Å²) in [5.74, 6) is 2.02. The summed E-state index contributed by atoms with van der Waals surface area (Å²) in [4.78, 5) is 72.7. The van der Waals surface area contributed by atoms with E-state index in [1.54, 1.807) is 0 Å². The first-order chi connectivity index (χ1) is 32.4.